The number of amides is 1. The average molecular weight is 285 g/mol. The molecular formula is C14H21ClN2O2. The van der Waals surface area contributed by atoms with E-state index < -0.39 is 0 Å². The van der Waals surface area contributed by atoms with E-state index >= 15 is 0 Å². The second-order valence-electron chi connectivity index (χ2n) is 4.14. The summed E-state index contributed by atoms with van der Waals surface area (Å²) in [6.45, 7) is 6.73. The minimum absolute atomic E-state index is 0.120. The van der Waals surface area contributed by atoms with Crippen LogP contribution in [-0.2, 0) is 4.79 Å². The van der Waals surface area contributed by atoms with Crippen molar-refractivity contribution in [3.05, 3.63) is 23.2 Å². The van der Waals surface area contributed by atoms with Crippen LogP contribution < -0.4 is 15.2 Å². The zero-order chi connectivity index (χ0) is 14.3. The maximum absolute atomic E-state index is 11.8. The number of rotatable bonds is 7. The van der Waals surface area contributed by atoms with Gasteiger partial charge in [-0.1, -0.05) is 31.0 Å². The predicted molar refractivity (Wildman–Crippen MR) is 78.7 cm³/mol. The molecule has 106 valence electrons. The second-order valence-corrected chi connectivity index (χ2v) is 4.54. The molecule has 0 aliphatic heterocycles. The van der Waals surface area contributed by atoms with Gasteiger partial charge < -0.3 is 4.74 Å². The van der Waals surface area contributed by atoms with Gasteiger partial charge in [0.2, 0.25) is 5.91 Å². The Morgan fingerprint density at radius 3 is 2.74 bits per heavy atom. The van der Waals surface area contributed by atoms with Gasteiger partial charge in [0.05, 0.1) is 11.6 Å². The van der Waals surface area contributed by atoms with Crippen molar-refractivity contribution in [2.75, 3.05) is 18.2 Å². The Morgan fingerprint density at radius 1 is 1.42 bits per heavy atom. The number of unbranched alkanes of at least 4 members (excludes halogenated alkanes) is 1. The van der Waals surface area contributed by atoms with E-state index in [9.17, 15) is 4.79 Å². The van der Waals surface area contributed by atoms with E-state index in [4.69, 9.17) is 16.3 Å². The van der Waals surface area contributed by atoms with Gasteiger partial charge in [0.25, 0.3) is 0 Å². The van der Waals surface area contributed by atoms with Crippen LogP contribution >= 0.6 is 11.6 Å². The van der Waals surface area contributed by atoms with Gasteiger partial charge in [-0.15, -0.1) is 0 Å². The van der Waals surface area contributed by atoms with Crippen molar-refractivity contribution < 1.29 is 9.53 Å². The lowest BCUT2D eigenvalue weighted by Gasteiger charge is -2.25. The number of carbonyl (C=O) groups excluding carboxylic acids is 1. The molecular weight excluding hydrogens is 264 g/mol. The lowest BCUT2D eigenvalue weighted by molar-refractivity contribution is -0.117. The average Bonchev–Trinajstić information content (AvgIpc) is 2.36. The van der Waals surface area contributed by atoms with Crippen molar-refractivity contribution in [2.45, 2.75) is 33.6 Å². The summed E-state index contributed by atoms with van der Waals surface area (Å²) in [5, 5.41) is 1.95. The smallest absolute Gasteiger partial charge is 0.238 e. The van der Waals surface area contributed by atoms with E-state index in [0.29, 0.717) is 29.6 Å². The van der Waals surface area contributed by atoms with Crippen LogP contribution in [0.25, 0.3) is 0 Å². The summed E-state index contributed by atoms with van der Waals surface area (Å²) >= 11 is 6.20. The molecule has 0 aliphatic carbocycles. The highest BCUT2D eigenvalue weighted by Crippen LogP contribution is 2.35. The first kappa shape index (κ1) is 15.8. The minimum atomic E-state index is -0.120. The minimum Gasteiger partial charge on any atom is -0.492 e. The van der Waals surface area contributed by atoms with E-state index in [1.165, 1.54) is 11.9 Å². The normalized spacial score (nSPS) is 10.3. The van der Waals surface area contributed by atoms with Crippen molar-refractivity contribution in [2.24, 2.45) is 0 Å². The summed E-state index contributed by atoms with van der Waals surface area (Å²) in [7, 11) is 0. The van der Waals surface area contributed by atoms with E-state index in [-0.39, 0.29) is 5.91 Å². The number of hydrazine groups is 1. The summed E-state index contributed by atoms with van der Waals surface area (Å²) in [5.41, 5.74) is 3.67. The molecule has 0 fully saturated rings. The van der Waals surface area contributed by atoms with E-state index in [1.807, 2.05) is 13.0 Å². The highest BCUT2D eigenvalue weighted by atomic mass is 35.5. The number of hydrogen-bond donors (Lipinski definition) is 1. The first-order valence-electron chi connectivity index (χ1n) is 6.57. The van der Waals surface area contributed by atoms with Gasteiger partial charge >= 0.3 is 0 Å². The van der Waals surface area contributed by atoms with Crippen molar-refractivity contribution >= 4 is 23.2 Å². The van der Waals surface area contributed by atoms with Crippen LogP contribution in [0.3, 0.4) is 0 Å². The SMILES string of the molecule is CCCCNN(C(C)=O)c1c(Cl)cccc1OCC. The van der Waals surface area contributed by atoms with E-state index in [2.05, 4.69) is 12.3 Å². The van der Waals surface area contributed by atoms with Gasteiger partial charge in [-0.25, -0.2) is 10.4 Å². The topological polar surface area (TPSA) is 41.6 Å². The standard InChI is InChI=1S/C14H21ClN2O2/c1-4-6-10-16-17(11(3)18)14-12(15)8-7-9-13(14)19-5-2/h7-9,16H,4-6,10H2,1-3H3. The molecule has 0 radical (unpaired) electrons. The third-order valence-electron chi connectivity index (χ3n) is 2.59. The zero-order valence-electron chi connectivity index (χ0n) is 11.7. The number of halogens is 1. The number of carbonyl (C=O) groups is 1. The van der Waals surface area contributed by atoms with Crippen molar-refractivity contribution in [1.29, 1.82) is 0 Å². The highest BCUT2D eigenvalue weighted by Gasteiger charge is 2.19. The highest BCUT2D eigenvalue weighted by molar-refractivity contribution is 6.34. The number of para-hydroxylation sites is 1. The van der Waals surface area contributed by atoms with Crippen LogP contribution in [0.5, 0.6) is 5.75 Å². The van der Waals surface area contributed by atoms with Crippen LogP contribution in [0.2, 0.25) is 5.02 Å². The number of ether oxygens (including phenoxy) is 1. The first-order chi connectivity index (χ1) is 9.11. The Bertz CT molecular complexity index is 424. The lowest BCUT2D eigenvalue weighted by Crippen LogP contribution is -2.42. The van der Waals surface area contributed by atoms with Crippen molar-refractivity contribution in [3.63, 3.8) is 0 Å². The van der Waals surface area contributed by atoms with Gasteiger partial charge in [-0.05, 0) is 25.5 Å². The number of anilines is 1. The maximum Gasteiger partial charge on any atom is 0.238 e. The first-order valence-corrected chi connectivity index (χ1v) is 6.95. The van der Waals surface area contributed by atoms with E-state index in [1.54, 1.807) is 12.1 Å². The monoisotopic (exact) mass is 284 g/mol. The fourth-order valence-electron chi connectivity index (χ4n) is 1.70. The second kappa shape index (κ2) is 8.02. The Balaban J connectivity index is 3.03. The molecule has 1 aromatic rings. The molecule has 4 nitrogen and oxygen atoms in total. The van der Waals surface area contributed by atoms with Gasteiger partial charge in [0.15, 0.2) is 0 Å². The van der Waals surface area contributed by atoms with Gasteiger partial charge in [-0.3, -0.25) is 4.79 Å². The number of benzene rings is 1. The summed E-state index contributed by atoms with van der Waals surface area (Å²) in [5.74, 6) is 0.486. The molecule has 0 spiro atoms. The molecule has 0 saturated carbocycles. The molecule has 1 aromatic carbocycles. The third-order valence-corrected chi connectivity index (χ3v) is 2.89. The molecule has 0 unspecified atom stereocenters. The van der Waals surface area contributed by atoms with Gasteiger partial charge in [0, 0.05) is 13.5 Å². The molecule has 1 N–H and O–H groups in total. The Kier molecular flexibility index (Phi) is 6.67. The molecule has 1 rings (SSSR count). The maximum atomic E-state index is 11.8. The number of nitrogens with zero attached hydrogens (tertiary/aromatic N) is 1. The van der Waals surface area contributed by atoms with Crippen molar-refractivity contribution in [1.82, 2.24) is 5.43 Å². The molecule has 0 aliphatic rings. The predicted octanol–water partition coefficient (Wildman–Crippen LogP) is 3.40. The summed E-state index contributed by atoms with van der Waals surface area (Å²) in [6, 6.07) is 5.36. The summed E-state index contributed by atoms with van der Waals surface area (Å²) in [6.07, 6.45) is 2.04. The quantitative estimate of drug-likeness (QED) is 0.616. The summed E-state index contributed by atoms with van der Waals surface area (Å²) < 4.78 is 5.54. The fraction of sp³-hybridized carbons (Fsp3) is 0.500. The Morgan fingerprint density at radius 2 is 2.16 bits per heavy atom. The molecule has 1 amide bonds. The van der Waals surface area contributed by atoms with Gasteiger partial charge in [0.1, 0.15) is 11.4 Å². The number of hydrogen-bond acceptors (Lipinski definition) is 3. The molecule has 5 heteroatoms. The van der Waals surface area contributed by atoms with Crippen LogP contribution in [0.1, 0.15) is 33.6 Å². The van der Waals surface area contributed by atoms with Gasteiger partial charge in [-0.2, -0.15) is 0 Å². The molecule has 0 aromatic heterocycles. The molecule has 0 saturated heterocycles. The fourth-order valence-corrected chi connectivity index (χ4v) is 1.95. The van der Waals surface area contributed by atoms with Crippen molar-refractivity contribution in [3.8, 4) is 5.75 Å². The Hall–Kier alpha value is -1.26. The number of nitrogens with one attached hydrogen (secondary N) is 1. The van der Waals surface area contributed by atoms with E-state index in [0.717, 1.165) is 12.8 Å². The lowest BCUT2D eigenvalue weighted by atomic mass is 10.2. The molecule has 0 heterocycles. The van der Waals surface area contributed by atoms with Crippen LogP contribution in [0.4, 0.5) is 5.69 Å². The third kappa shape index (κ3) is 4.40. The zero-order valence-corrected chi connectivity index (χ0v) is 12.5. The molecule has 0 atom stereocenters. The molecule has 0 bridgehead atoms. The van der Waals surface area contributed by atoms with Crippen LogP contribution in [0.15, 0.2) is 18.2 Å². The summed E-state index contributed by atoms with van der Waals surface area (Å²) in [4.78, 5) is 11.8. The largest absolute Gasteiger partial charge is 0.492 e. The molecule has 19 heavy (non-hydrogen) atoms. The van der Waals surface area contributed by atoms with Crippen LogP contribution in [0, 0.1) is 0 Å². The van der Waals surface area contributed by atoms with Crippen LogP contribution in [-0.4, -0.2) is 19.1 Å². The Labute approximate surface area is 119 Å².